The summed E-state index contributed by atoms with van der Waals surface area (Å²) in [5, 5.41) is 0. The van der Waals surface area contributed by atoms with E-state index in [-0.39, 0.29) is 0 Å². The molecule has 90 valence electrons. The predicted octanol–water partition coefficient (Wildman–Crippen LogP) is 3.75. The minimum absolute atomic E-state index is 0.446. The molecule has 0 aliphatic heterocycles. The third kappa shape index (κ3) is 2.86. The van der Waals surface area contributed by atoms with Gasteiger partial charge in [-0.3, -0.25) is 0 Å². The second-order valence-corrected chi connectivity index (χ2v) is 4.02. The number of hydrogen-bond acceptors (Lipinski definition) is 2. The fraction of sp³-hybridized carbons (Fsp3) is 0.0625. The van der Waals surface area contributed by atoms with Crippen molar-refractivity contribution >= 4 is 5.97 Å². The molecule has 0 aromatic heterocycles. The van der Waals surface area contributed by atoms with Crippen molar-refractivity contribution in [3.8, 4) is 16.9 Å². The average molecular weight is 238 g/mol. The van der Waals surface area contributed by atoms with Gasteiger partial charge in [0.25, 0.3) is 0 Å². The topological polar surface area (TPSA) is 26.3 Å². The molecular weight excluding hydrogens is 224 g/mol. The van der Waals surface area contributed by atoms with Gasteiger partial charge in [0, 0.05) is 6.08 Å². The van der Waals surface area contributed by atoms with Crippen LogP contribution in [0.4, 0.5) is 0 Å². The van der Waals surface area contributed by atoms with Gasteiger partial charge in [0.2, 0.25) is 0 Å². The molecule has 2 aromatic carbocycles. The molecule has 0 bridgehead atoms. The zero-order chi connectivity index (χ0) is 13.0. The highest BCUT2D eigenvalue weighted by molar-refractivity contribution is 5.83. The average Bonchev–Trinajstić information content (AvgIpc) is 2.40. The van der Waals surface area contributed by atoms with Crippen molar-refractivity contribution in [2.45, 2.75) is 6.92 Å². The zero-order valence-electron chi connectivity index (χ0n) is 10.2. The van der Waals surface area contributed by atoms with E-state index in [1.54, 1.807) is 12.1 Å². The van der Waals surface area contributed by atoms with E-state index in [9.17, 15) is 4.79 Å². The smallest absolute Gasteiger partial charge is 0.335 e. The molecule has 0 heterocycles. The summed E-state index contributed by atoms with van der Waals surface area (Å²) >= 11 is 0. The van der Waals surface area contributed by atoms with Gasteiger partial charge in [-0.1, -0.05) is 48.5 Å². The molecule has 0 saturated heterocycles. The van der Waals surface area contributed by atoms with Gasteiger partial charge < -0.3 is 4.74 Å². The normalized spacial score (nSPS) is 9.83. The predicted molar refractivity (Wildman–Crippen MR) is 72.4 cm³/mol. The summed E-state index contributed by atoms with van der Waals surface area (Å²) in [5.74, 6) is 0.0776. The Bertz CT molecular complexity index is 551. The van der Waals surface area contributed by atoms with E-state index >= 15 is 0 Å². The number of aryl methyl sites for hydroxylation is 1. The summed E-state index contributed by atoms with van der Waals surface area (Å²) in [6, 6.07) is 15.7. The Morgan fingerprint density at radius 1 is 1.00 bits per heavy atom. The molecule has 0 spiro atoms. The van der Waals surface area contributed by atoms with Crippen LogP contribution < -0.4 is 4.74 Å². The van der Waals surface area contributed by atoms with Crippen LogP contribution in [0.15, 0.2) is 61.2 Å². The van der Waals surface area contributed by atoms with Crippen LogP contribution in [0.3, 0.4) is 0 Å². The lowest BCUT2D eigenvalue weighted by molar-refractivity contribution is -0.128. The summed E-state index contributed by atoms with van der Waals surface area (Å²) in [6.45, 7) is 5.41. The maximum atomic E-state index is 11.0. The van der Waals surface area contributed by atoms with Gasteiger partial charge in [-0.25, -0.2) is 4.79 Å². The van der Waals surface area contributed by atoms with Crippen LogP contribution in [0.5, 0.6) is 5.75 Å². The molecular formula is C16H14O2. The molecule has 2 nitrogen and oxygen atoms in total. The van der Waals surface area contributed by atoms with Gasteiger partial charge in [0.15, 0.2) is 0 Å². The molecule has 0 fully saturated rings. The summed E-state index contributed by atoms with van der Waals surface area (Å²) < 4.78 is 5.02. The Kier molecular flexibility index (Phi) is 3.58. The molecule has 0 aliphatic carbocycles. The van der Waals surface area contributed by atoms with Crippen LogP contribution in [0.1, 0.15) is 5.56 Å². The maximum absolute atomic E-state index is 11.0. The quantitative estimate of drug-likeness (QED) is 0.462. The molecule has 0 radical (unpaired) electrons. The Morgan fingerprint density at radius 2 is 1.50 bits per heavy atom. The van der Waals surface area contributed by atoms with E-state index in [0.29, 0.717) is 5.75 Å². The highest BCUT2D eigenvalue weighted by atomic mass is 16.5. The molecule has 0 aliphatic rings. The zero-order valence-corrected chi connectivity index (χ0v) is 10.2. The standard InChI is InChI=1S/C16H14O2/c1-3-16(17)18-15-10-8-14(9-11-15)13-6-4-12(2)5-7-13/h3-11H,1H2,2H3. The van der Waals surface area contributed by atoms with Gasteiger partial charge in [-0.05, 0) is 30.2 Å². The fourth-order valence-electron chi connectivity index (χ4n) is 1.62. The van der Waals surface area contributed by atoms with Gasteiger partial charge in [-0.2, -0.15) is 0 Å². The second kappa shape index (κ2) is 5.32. The number of carbonyl (C=O) groups is 1. The minimum atomic E-state index is -0.446. The lowest BCUT2D eigenvalue weighted by Crippen LogP contribution is -2.02. The Hall–Kier alpha value is -2.35. The van der Waals surface area contributed by atoms with Crippen molar-refractivity contribution in [3.05, 3.63) is 66.7 Å². The van der Waals surface area contributed by atoms with Crippen LogP contribution >= 0.6 is 0 Å². The molecule has 18 heavy (non-hydrogen) atoms. The number of carbonyl (C=O) groups excluding carboxylic acids is 1. The van der Waals surface area contributed by atoms with Gasteiger partial charge in [-0.15, -0.1) is 0 Å². The maximum Gasteiger partial charge on any atom is 0.335 e. The summed E-state index contributed by atoms with van der Waals surface area (Å²) in [5.41, 5.74) is 3.46. The summed E-state index contributed by atoms with van der Waals surface area (Å²) in [7, 11) is 0. The first-order chi connectivity index (χ1) is 8.69. The molecule has 0 amide bonds. The van der Waals surface area contributed by atoms with Crippen LogP contribution in [-0.4, -0.2) is 5.97 Å². The van der Waals surface area contributed by atoms with Crippen LogP contribution in [0.2, 0.25) is 0 Å². The summed E-state index contributed by atoms with van der Waals surface area (Å²) in [4.78, 5) is 11.0. The minimum Gasteiger partial charge on any atom is -0.423 e. The highest BCUT2D eigenvalue weighted by Crippen LogP contribution is 2.22. The molecule has 2 heteroatoms. The largest absolute Gasteiger partial charge is 0.423 e. The lowest BCUT2D eigenvalue weighted by atomic mass is 10.0. The monoisotopic (exact) mass is 238 g/mol. The molecule has 0 unspecified atom stereocenters. The van der Waals surface area contributed by atoms with E-state index in [0.717, 1.165) is 17.2 Å². The van der Waals surface area contributed by atoms with Gasteiger partial charge >= 0.3 is 5.97 Å². The third-order valence-electron chi connectivity index (χ3n) is 2.62. The third-order valence-corrected chi connectivity index (χ3v) is 2.62. The van der Waals surface area contributed by atoms with E-state index < -0.39 is 5.97 Å². The number of hydrogen-bond donors (Lipinski definition) is 0. The van der Waals surface area contributed by atoms with Crippen molar-refractivity contribution < 1.29 is 9.53 Å². The molecule has 2 rings (SSSR count). The van der Waals surface area contributed by atoms with E-state index in [1.807, 2.05) is 12.1 Å². The van der Waals surface area contributed by atoms with Crippen molar-refractivity contribution in [1.82, 2.24) is 0 Å². The number of esters is 1. The number of benzene rings is 2. The van der Waals surface area contributed by atoms with Crippen molar-refractivity contribution in [2.75, 3.05) is 0 Å². The molecule has 0 N–H and O–H groups in total. The van der Waals surface area contributed by atoms with Crippen molar-refractivity contribution in [3.63, 3.8) is 0 Å². The second-order valence-electron chi connectivity index (χ2n) is 4.02. The van der Waals surface area contributed by atoms with Gasteiger partial charge in [0.05, 0.1) is 0 Å². The number of ether oxygens (including phenoxy) is 1. The molecule has 0 atom stereocenters. The Balaban J connectivity index is 2.19. The van der Waals surface area contributed by atoms with Crippen LogP contribution in [0.25, 0.3) is 11.1 Å². The van der Waals surface area contributed by atoms with E-state index in [2.05, 4.69) is 37.8 Å². The van der Waals surface area contributed by atoms with Crippen molar-refractivity contribution in [2.24, 2.45) is 0 Å². The molecule has 2 aromatic rings. The number of rotatable bonds is 3. The van der Waals surface area contributed by atoms with Crippen LogP contribution in [0, 0.1) is 6.92 Å². The lowest BCUT2D eigenvalue weighted by Gasteiger charge is -2.04. The first-order valence-electron chi connectivity index (χ1n) is 5.70. The highest BCUT2D eigenvalue weighted by Gasteiger charge is 2.01. The summed E-state index contributed by atoms with van der Waals surface area (Å²) in [6.07, 6.45) is 1.15. The molecule has 0 saturated carbocycles. The SMILES string of the molecule is C=CC(=O)Oc1ccc(-c2ccc(C)cc2)cc1. The van der Waals surface area contributed by atoms with Gasteiger partial charge in [0.1, 0.15) is 5.75 Å². The van der Waals surface area contributed by atoms with Crippen LogP contribution in [-0.2, 0) is 4.79 Å². The Labute approximate surface area is 107 Å². The van der Waals surface area contributed by atoms with Crippen molar-refractivity contribution in [1.29, 1.82) is 0 Å². The van der Waals surface area contributed by atoms with E-state index in [4.69, 9.17) is 4.74 Å². The Morgan fingerprint density at radius 3 is 2.00 bits per heavy atom. The van der Waals surface area contributed by atoms with E-state index in [1.165, 1.54) is 5.56 Å². The first kappa shape index (κ1) is 12.1. The fourth-order valence-corrected chi connectivity index (χ4v) is 1.62. The first-order valence-corrected chi connectivity index (χ1v) is 5.70.